The first-order valence-electron chi connectivity index (χ1n) is 7.19. The van der Waals surface area contributed by atoms with E-state index in [4.69, 9.17) is 0 Å². The molecule has 0 saturated heterocycles. The molecule has 2 saturated carbocycles. The highest BCUT2D eigenvalue weighted by Gasteiger charge is 2.39. The Morgan fingerprint density at radius 2 is 2.18 bits per heavy atom. The first kappa shape index (κ1) is 12.9. The highest BCUT2D eigenvalue weighted by Crippen LogP contribution is 2.49. The van der Waals surface area contributed by atoms with Crippen LogP contribution in [0.3, 0.4) is 0 Å². The van der Waals surface area contributed by atoms with Crippen molar-refractivity contribution in [1.29, 1.82) is 0 Å². The Kier molecular flexibility index (Phi) is 4.43. The number of rotatable bonds is 6. The molecule has 0 aromatic carbocycles. The third-order valence-corrected chi connectivity index (χ3v) is 4.49. The summed E-state index contributed by atoms with van der Waals surface area (Å²) >= 11 is 0. The molecule has 2 aliphatic carbocycles. The van der Waals surface area contributed by atoms with Gasteiger partial charge in [0.1, 0.15) is 0 Å². The van der Waals surface area contributed by atoms with Crippen molar-refractivity contribution in [2.45, 2.75) is 52.0 Å². The minimum Gasteiger partial charge on any atom is -0.355 e. The molecule has 3 heteroatoms. The van der Waals surface area contributed by atoms with Gasteiger partial charge in [-0.1, -0.05) is 13.3 Å². The number of hydrogen-bond donors (Lipinski definition) is 2. The number of amides is 1. The van der Waals surface area contributed by atoms with Gasteiger partial charge < -0.3 is 10.6 Å². The lowest BCUT2D eigenvalue weighted by atomic mass is 9.86. The predicted octanol–water partition coefficient (Wildman–Crippen LogP) is 1.93. The molecule has 4 atom stereocenters. The average molecular weight is 238 g/mol. The van der Waals surface area contributed by atoms with Gasteiger partial charge in [0, 0.05) is 19.0 Å². The van der Waals surface area contributed by atoms with E-state index >= 15 is 0 Å². The first-order chi connectivity index (χ1) is 8.19. The molecule has 0 aromatic rings. The standard InChI is InChI=1S/C14H26N2O/c1-3-15-10(2)9-16-14(17)8-13-7-11-4-5-12(13)6-11/h10-13,15H,3-9H2,1-2H3,(H,16,17)/t10-,11?,12?,13?/m1/s1. The Hall–Kier alpha value is -0.570. The smallest absolute Gasteiger partial charge is 0.220 e. The van der Waals surface area contributed by atoms with Crippen molar-refractivity contribution in [2.24, 2.45) is 17.8 Å². The predicted molar refractivity (Wildman–Crippen MR) is 69.7 cm³/mol. The van der Waals surface area contributed by atoms with Gasteiger partial charge in [0.25, 0.3) is 0 Å². The number of nitrogens with one attached hydrogen (secondary N) is 2. The average Bonchev–Trinajstić information content (AvgIpc) is 2.88. The van der Waals surface area contributed by atoms with Crippen LogP contribution in [-0.2, 0) is 4.79 Å². The normalized spacial score (nSPS) is 32.7. The van der Waals surface area contributed by atoms with Crippen LogP contribution in [0.1, 0.15) is 46.0 Å². The summed E-state index contributed by atoms with van der Waals surface area (Å²) < 4.78 is 0. The van der Waals surface area contributed by atoms with E-state index in [1.165, 1.54) is 25.7 Å². The Balaban J connectivity index is 1.64. The highest BCUT2D eigenvalue weighted by molar-refractivity contribution is 5.76. The largest absolute Gasteiger partial charge is 0.355 e. The zero-order valence-corrected chi connectivity index (χ0v) is 11.2. The molecule has 17 heavy (non-hydrogen) atoms. The quantitative estimate of drug-likeness (QED) is 0.742. The van der Waals surface area contributed by atoms with Crippen LogP contribution in [0.25, 0.3) is 0 Å². The van der Waals surface area contributed by atoms with Crippen molar-refractivity contribution >= 4 is 5.91 Å². The minimum absolute atomic E-state index is 0.257. The molecule has 2 aliphatic rings. The number of hydrogen-bond acceptors (Lipinski definition) is 2. The van der Waals surface area contributed by atoms with Crippen LogP contribution in [0.4, 0.5) is 0 Å². The fourth-order valence-electron chi connectivity index (χ4n) is 3.62. The summed E-state index contributed by atoms with van der Waals surface area (Å²) in [6.45, 7) is 5.92. The third kappa shape index (κ3) is 3.44. The number of fused-ring (bicyclic) bond motifs is 2. The second kappa shape index (κ2) is 5.85. The van der Waals surface area contributed by atoms with Gasteiger partial charge in [-0.05, 0) is 50.5 Å². The molecule has 2 fully saturated rings. The van der Waals surface area contributed by atoms with E-state index in [1.807, 2.05) is 0 Å². The van der Waals surface area contributed by atoms with Crippen LogP contribution in [0.15, 0.2) is 0 Å². The van der Waals surface area contributed by atoms with Gasteiger partial charge in [-0.25, -0.2) is 0 Å². The van der Waals surface area contributed by atoms with Gasteiger partial charge in [-0.3, -0.25) is 4.79 Å². The first-order valence-corrected chi connectivity index (χ1v) is 7.19. The van der Waals surface area contributed by atoms with Gasteiger partial charge in [-0.15, -0.1) is 0 Å². The molecule has 2 N–H and O–H groups in total. The molecule has 0 aliphatic heterocycles. The molecular formula is C14H26N2O. The molecule has 0 radical (unpaired) electrons. The monoisotopic (exact) mass is 238 g/mol. The van der Waals surface area contributed by atoms with Crippen LogP contribution in [0.2, 0.25) is 0 Å². The maximum atomic E-state index is 11.8. The van der Waals surface area contributed by atoms with E-state index in [2.05, 4.69) is 24.5 Å². The Morgan fingerprint density at radius 1 is 1.35 bits per heavy atom. The van der Waals surface area contributed by atoms with Crippen molar-refractivity contribution < 1.29 is 4.79 Å². The zero-order chi connectivity index (χ0) is 12.3. The summed E-state index contributed by atoms with van der Waals surface area (Å²) in [5.74, 6) is 2.74. The van der Waals surface area contributed by atoms with Crippen LogP contribution >= 0.6 is 0 Å². The second-order valence-electron chi connectivity index (χ2n) is 5.90. The maximum absolute atomic E-state index is 11.8. The summed E-state index contributed by atoms with van der Waals surface area (Å²) in [5, 5.41) is 6.36. The summed E-state index contributed by atoms with van der Waals surface area (Å²) in [6.07, 6.45) is 6.25. The molecular weight excluding hydrogens is 212 g/mol. The van der Waals surface area contributed by atoms with Gasteiger partial charge in [0.05, 0.1) is 0 Å². The highest BCUT2D eigenvalue weighted by atomic mass is 16.1. The van der Waals surface area contributed by atoms with E-state index in [1.54, 1.807) is 0 Å². The fourth-order valence-corrected chi connectivity index (χ4v) is 3.62. The van der Waals surface area contributed by atoms with E-state index in [0.717, 1.165) is 31.3 Å². The lowest BCUT2D eigenvalue weighted by molar-refractivity contribution is -0.122. The van der Waals surface area contributed by atoms with Gasteiger partial charge in [0.2, 0.25) is 5.91 Å². The van der Waals surface area contributed by atoms with Crippen molar-refractivity contribution in [1.82, 2.24) is 10.6 Å². The molecule has 98 valence electrons. The summed E-state index contributed by atoms with van der Waals surface area (Å²) in [7, 11) is 0. The molecule has 2 rings (SSSR count). The molecule has 0 aromatic heterocycles. The van der Waals surface area contributed by atoms with Crippen LogP contribution in [0.5, 0.6) is 0 Å². The summed E-state index contributed by atoms with van der Waals surface area (Å²) in [6, 6.07) is 0.379. The second-order valence-corrected chi connectivity index (χ2v) is 5.90. The molecule has 3 unspecified atom stereocenters. The van der Waals surface area contributed by atoms with Crippen LogP contribution < -0.4 is 10.6 Å². The topological polar surface area (TPSA) is 41.1 Å². The van der Waals surface area contributed by atoms with Gasteiger partial charge in [-0.2, -0.15) is 0 Å². The summed E-state index contributed by atoms with van der Waals surface area (Å²) in [4.78, 5) is 11.8. The Bertz CT molecular complexity index is 267. The van der Waals surface area contributed by atoms with Crippen molar-refractivity contribution in [2.75, 3.05) is 13.1 Å². The molecule has 0 heterocycles. The number of likely N-dealkylation sites (N-methyl/N-ethyl adjacent to an activating group) is 1. The van der Waals surface area contributed by atoms with E-state index < -0.39 is 0 Å². The van der Waals surface area contributed by atoms with Crippen molar-refractivity contribution in [3.05, 3.63) is 0 Å². The summed E-state index contributed by atoms with van der Waals surface area (Å²) in [5.41, 5.74) is 0. The molecule has 3 nitrogen and oxygen atoms in total. The molecule has 2 bridgehead atoms. The molecule has 0 spiro atoms. The van der Waals surface area contributed by atoms with E-state index in [9.17, 15) is 4.79 Å². The Morgan fingerprint density at radius 3 is 2.76 bits per heavy atom. The van der Waals surface area contributed by atoms with Crippen LogP contribution in [0, 0.1) is 17.8 Å². The number of carbonyl (C=O) groups excluding carboxylic acids is 1. The van der Waals surface area contributed by atoms with E-state index in [-0.39, 0.29) is 5.91 Å². The zero-order valence-electron chi connectivity index (χ0n) is 11.2. The van der Waals surface area contributed by atoms with Crippen LogP contribution in [-0.4, -0.2) is 25.0 Å². The third-order valence-electron chi connectivity index (χ3n) is 4.49. The van der Waals surface area contributed by atoms with E-state index in [0.29, 0.717) is 12.0 Å². The fraction of sp³-hybridized carbons (Fsp3) is 0.929. The van der Waals surface area contributed by atoms with Crippen molar-refractivity contribution in [3.63, 3.8) is 0 Å². The number of carbonyl (C=O) groups is 1. The Labute approximate surface area is 105 Å². The SMILES string of the molecule is CCN[C@H](C)CNC(=O)CC1CC2CCC1C2. The van der Waals surface area contributed by atoms with Gasteiger partial charge in [0.15, 0.2) is 0 Å². The lowest BCUT2D eigenvalue weighted by Crippen LogP contribution is -2.39. The maximum Gasteiger partial charge on any atom is 0.220 e. The molecule has 1 amide bonds. The minimum atomic E-state index is 0.257. The lowest BCUT2D eigenvalue weighted by Gasteiger charge is -2.21. The van der Waals surface area contributed by atoms with Crippen molar-refractivity contribution in [3.8, 4) is 0 Å². The van der Waals surface area contributed by atoms with Gasteiger partial charge >= 0.3 is 0 Å².